The molecule has 1 heterocycles. The lowest BCUT2D eigenvalue weighted by Gasteiger charge is -2.04. The Morgan fingerprint density at radius 1 is 1.10 bits per heavy atom. The number of benzene rings is 2. The third-order valence-electron chi connectivity index (χ3n) is 3.08. The van der Waals surface area contributed by atoms with Gasteiger partial charge in [-0.05, 0) is 23.3 Å². The molecule has 1 N–H and O–H groups in total. The smallest absolute Gasteiger partial charge is 0.260 e. The Morgan fingerprint density at radius 3 is 2.67 bits per heavy atom. The summed E-state index contributed by atoms with van der Waals surface area (Å²) in [6.07, 6.45) is -0.405. The van der Waals surface area contributed by atoms with Gasteiger partial charge in [0, 0.05) is 11.4 Å². The third-order valence-corrected chi connectivity index (χ3v) is 3.32. The summed E-state index contributed by atoms with van der Waals surface area (Å²) in [5, 5.41) is 14.8. The van der Waals surface area contributed by atoms with Crippen molar-refractivity contribution in [3.63, 3.8) is 0 Å². The van der Waals surface area contributed by atoms with Gasteiger partial charge in [-0.25, -0.2) is 0 Å². The molecule has 3 rings (SSSR count). The van der Waals surface area contributed by atoms with Crippen molar-refractivity contribution in [2.45, 2.75) is 12.5 Å². The van der Waals surface area contributed by atoms with Crippen molar-refractivity contribution < 1.29 is 9.63 Å². The Bertz CT molecular complexity index is 728. The van der Waals surface area contributed by atoms with Crippen molar-refractivity contribution in [3.8, 4) is 0 Å². The van der Waals surface area contributed by atoms with Crippen LogP contribution in [0.1, 0.15) is 28.9 Å². The maximum Gasteiger partial charge on any atom is 0.260 e. The summed E-state index contributed by atoms with van der Waals surface area (Å²) < 4.78 is 5.14. The van der Waals surface area contributed by atoms with Crippen LogP contribution in [0.5, 0.6) is 0 Å². The number of nitrogens with zero attached hydrogens (tertiary/aromatic N) is 2. The highest BCUT2D eigenvalue weighted by molar-refractivity contribution is 6.30. The highest BCUT2D eigenvalue weighted by Gasteiger charge is 2.18. The fraction of sp³-hybridized carbons (Fsp3) is 0.125. The lowest BCUT2D eigenvalue weighted by molar-refractivity contribution is 0.170. The van der Waals surface area contributed by atoms with E-state index in [2.05, 4.69) is 10.1 Å². The SMILES string of the molecule is OC(c1ccccc1)c1nc(Cc2cccc(Cl)c2)no1. The normalized spacial score (nSPS) is 12.3. The first-order chi connectivity index (χ1) is 10.2. The van der Waals surface area contributed by atoms with Crippen molar-refractivity contribution in [3.05, 3.63) is 82.5 Å². The molecule has 0 aliphatic carbocycles. The van der Waals surface area contributed by atoms with Gasteiger partial charge in [-0.1, -0.05) is 59.2 Å². The molecule has 3 aromatic rings. The van der Waals surface area contributed by atoms with Gasteiger partial charge in [-0.15, -0.1) is 0 Å². The number of hydrogen-bond donors (Lipinski definition) is 1. The zero-order valence-corrected chi connectivity index (χ0v) is 11.9. The van der Waals surface area contributed by atoms with Crippen LogP contribution >= 0.6 is 11.6 Å². The van der Waals surface area contributed by atoms with Gasteiger partial charge in [0.2, 0.25) is 0 Å². The maximum atomic E-state index is 10.2. The summed E-state index contributed by atoms with van der Waals surface area (Å²) >= 11 is 5.94. The van der Waals surface area contributed by atoms with Crippen LogP contribution in [0, 0.1) is 0 Å². The molecule has 21 heavy (non-hydrogen) atoms. The number of halogens is 1. The first-order valence-electron chi connectivity index (χ1n) is 6.52. The largest absolute Gasteiger partial charge is 0.378 e. The van der Waals surface area contributed by atoms with E-state index in [-0.39, 0.29) is 5.89 Å². The summed E-state index contributed by atoms with van der Waals surface area (Å²) in [7, 11) is 0. The Morgan fingerprint density at radius 2 is 1.90 bits per heavy atom. The molecule has 4 nitrogen and oxygen atoms in total. The fourth-order valence-electron chi connectivity index (χ4n) is 2.06. The Hall–Kier alpha value is -2.17. The van der Waals surface area contributed by atoms with E-state index in [1.54, 1.807) is 0 Å². The minimum absolute atomic E-state index is 0.193. The van der Waals surface area contributed by atoms with E-state index in [0.29, 0.717) is 17.3 Å². The van der Waals surface area contributed by atoms with E-state index < -0.39 is 6.10 Å². The number of aliphatic hydroxyl groups is 1. The van der Waals surface area contributed by atoms with E-state index in [9.17, 15) is 5.11 Å². The van der Waals surface area contributed by atoms with E-state index in [1.165, 1.54) is 0 Å². The molecule has 0 spiro atoms. The lowest BCUT2D eigenvalue weighted by atomic mass is 10.1. The van der Waals surface area contributed by atoms with E-state index in [0.717, 1.165) is 11.1 Å². The molecule has 0 amide bonds. The second kappa shape index (κ2) is 6.08. The molecule has 5 heteroatoms. The Balaban J connectivity index is 1.77. The number of hydrogen-bond acceptors (Lipinski definition) is 4. The summed E-state index contributed by atoms with van der Waals surface area (Å²) in [5.74, 6) is 0.709. The summed E-state index contributed by atoms with van der Waals surface area (Å²) in [6.45, 7) is 0. The number of aromatic nitrogens is 2. The molecule has 0 radical (unpaired) electrons. The first-order valence-corrected chi connectivity index (χ1v) is 6.90. The molecule has 0 saturated carbocycles. The zero-order valence-electron chi connectivity index (χ0n) is 11.1. The molecule has 1 aromatic heterocycles. The minimum Gasteiger partial charge on any atom is -0.378 e. The lowest BCUT2D eigenvalue weighted by Crippen LogP contribution is -2.00. The van der Waals surface area contributed by atoms with Crippen LogP contribution in [-0.2, 0) is 6.42 Å². The quantitative estimate of drug-likeness (QED) is 0.802. The summed E-state index contributed by atoms with van der Waals surface area (Å²) in [6, 6.07) is 16.7. The van der Waals surface area contributed by atoms with Crippen molar-refractivity contribution in [2.24, 2.45) is 0 Å². The van der Waals surface area contributed by atoms with Crippen LogP contribution < -0.4 is 0 Å². The number of rotatable bonds is 4. The highest BCUT2D eigenvalue weighted by atomic mass is 35.5. The van der Waals surface area contributed by atoms with Gasteiger partial charge in [0.25, 0.3) is 5.89 Å². The van der Waals surface area contributed by atoms with Crippen LogP contribution in [-0.4, -0.2) is 15.2 Å². The van der Waals surface area contributed by atoms with Crippen LogP contribution in [0.25, 0.3) is 0 Å². The molecule has 0 bridgehead atoms. The average molecular weight is 301 g/mol. The molecular weight excluding hydrogens is 288 g/mol. The standard InChI is InChI=1S/C16H13ClN2O2/c17-13-8-4-5-11(9-13)10-14-18-16(21-19-14)15(20)12-6-2-1-3-7-12/h1-9,15,20H,10H2. The average Bonchev–Trinajstić information content (AvgIpc) is 2.96. The maximum absolute atomic E-state index is 10.2. The van der Waals surface area contributed by atoms with Gasteiger partial charge in [-0.2, -0.15) is 4.98 Å². The van der Waals surface area contributed by atoms with Crippen molar-refractivity contribution in [1.82, 2.24) is 10.1 Å². The molecule has 0 fully saturated rings. The van der Waals surface area contributed by atoms with Gasteiger partial charge in [0.05, 0.1) is 0 Å². The van der Waals surface area contributed by atoms with Crippen molar-refractivity contribution >= 4 is 11.6 Å². The summed E-state index contributed by atoms with van der Waals surface area (Å²) in [4.78, 5) is 4.24. The topological polar surface area (TPSA) is 59.2 Å². The van der Waals surface area contributed by atoms with Gasteiger partial charge >= 0.3 is 0 Å². The van der Waals surface area contributed by atoms with Gasteiger partial charge in [-0.3, -0.25) is 0 Å². The molecule has 0 aliphatic heterocycles. The van der Waals surface area contributed by atoms with Crippen LogP contribution in [0.2, 0.25) is 5.02 Å². The van der Waals surface area contributed by atoms with E-state index in [1.807, 2.05) is 54.6 Å². The molecule has 1 atom stereocenters. The third kappa shape index (κ3) is 3.29. The molecular formula is C16H13ClN2O2. The van der Waals surface area contributed by atoms with E-state index in [4.69, 9.17) is 16.1 Å². The van der Waals surface area contributed by atoms with Gasteiger partial charge in [0.1, 0.15) is 0 Å². The van der Waals surface area contributed by atoms with Crippen LogP contribution in [0.4, 0.5) is 0 Å². The van der Waals surface area contributed by atoms with Crippen LogP contribution in [0.3, 0.4) is 0 Å². The Kier molecular flexibility index (Phi) is 3.99. The molecule has 0 aliphatic rings. The van der Waals surface area contributed by atoms with E-state index >= 15 is 0 Å². The highest BCUT2D eigenvalue weighted by Crippen LogP contribution is 2.20. The van der Waals surface area contributed by atoms with Gasteiger partial charge < -0.3 is 9.63 Å². The Labute approximate surface area is 127 Å². The molecule has 0 saturated heterocycles. The van der Waals surface area contributed by atoms with Crippen molar-refractivity contribution in [2.75, 3.05) is 0 Å². The fourth-order valence-corrected chi connectivity index (χ4v) is 2.27. The zero-order chi connectivity index (χ0) is 14.7. The second-order valence-electron chi connectivity index (χ2n) is 4.67. The first kappa shape index (κ1) is 13.8. The van der Waals surface area contributed by atoms with Gasteiger partial charge in [0.15, 0.2) is 11.9 Å². The minimum atomic E-state index is -0.910. The predicted molar refractivity (Wildman–Crippen MR) is 79.1 cm³/mol. The van der Waals surface area contributed by atoms with Crippen LogP contribution in [0.15, 0.2) is 59.1 Å². The molecule has 106 valence electrons. The molecule has 2 aromatic carbocycles. The second-order valence-corrected chi connectivity index (χ2v) is 5.11. The molecule has 1 unspecified atom stereocenters. The van der Waals surface area contributed by atoms with Crippen molar-refractivity contribution in [1.29, 1.82) is 0 Å². The summed E-state index contributed by atoms with van der Waals surface area (Å²) in [5.41, 5.74) is 1.71. The number of aliphatic hydroxyl groups excluding tert-OH is 1. The monoisotopic (exact) mass is 300 g/mol. The predicted octanol–water partition coefficient (Wildman–Crippen LogP) is 3.40.